The van der Waals surface area contributed by atoms with Crippen LogP contribution in [0.2, 0.25) is 0 Å². The number of fused-ring (bicyclic) bond motifs is 1. The van der Waals surface area contributed by atoms with Crippen molar-refractivity contribution < 1.29 is 19.1 Å². The summed E-state index contributed by atoms with van der Waals surface area (Å²) in [7, 11) is 0. The van der Waals surface area contributed by atoms with Gasteiger partial charge in [-0.3, -0.25) is 19.8 Å². The first-order valence-electron chi connectivity index (χ1n) is 10.7. The van der Waals surface area contributed by atoms with Gasteiger partial charge in [-0.05, 0) is 85.7 Å². The number of nitrogens with one attached hydrogen (secondary N) is 1. The van der Waals surface area contributed by atoms with Crippen molar-refractivity contribution in [3.05, 3.63) is 71.3 Å². The summed E-state index contributed by atoms with van der Waals surface area (Å²) in [6, 6.07) is 16.9. The molecular formula is C26H24N2O4S. The quantitative estimate of drug-likeness (QED) is 0.326. The second kappa shape index (κ2) is 9.42. The van der Waals surface area contributed by atoms with Crippen molar-refractivity contribution in [1.29, 1.82) is 0 Å². The standard InChI is InChI=1S/C26H24N2O4S/c1-4-31-19-11-9-17-10-12-23(32-5-2)21(20(17)14-19)15-22-24(29)27-26(33)28(25(22)30)18-8-6-7-16(3)13-18/h6-15H,4-5H2,1-3H3,(H,27,29,33)/b22-15+. The molecule has 0 aromatic heterocycles. The molecule has 1 saturated heterocycles. The van der Waals surface area contributed by atoms with Gasteiger partial charge in [0.1, 0.15) is 17.1 Å². The fourth-order valence-corrected chi connectivity index (χ4v) is 4.07. The number of amides is 2. The van der Waals surface area contributed by atoms with Gasteiger partial charge in [-0.25, -0.2) is 0 Å². The van der Waals surface area contributed by atoms with Gasteiger partial charge in [-0.2, -0.15) is 0 Å². The number of carbonyl (C=O) groups excluding carboxylic acids is 2. The Morgan fingerprint density at radius 3 is 2.48 bits per heavy atom. The van der Waals surface area contributed by atoms with Gasteiger partial charge < -0.3 is 9.47 Å². The Bertz CT molecular complexity index is 1290. The van der Waals surface area contributed by atoms with Crippen LogP contribution in [0.1, 0.15) is 25.0 Å². The minimum Gasteiger partial charge on any atom is -0.494 e. The van der Waals surface area contributed by atoms with Gasteiger partial charge in [0.25, 0.3) is 11.8 Å². The maximum Gasteiger partial charge on any atom is 0.270 e. The summed E-state index contributed by atoms with van der Waals surface area (Å²) in [6.07, 6.45) is 1.57. The molecule has 168 valence electrons. The van der Waals surface area contributed by atoms with Crippen molar-refractivity contribution in [2.45, 2.75) is 20.8 Å². The predicted octanol–water partition coefficient (Wildman–Crippen LogP) is 4.78. The molecule has 1 aliphatic heterocycles. The molecule has 4 rings (SSSR count). The van der Waals surface area contributed by atoms with Crippen LogP contribution in [-0.4, -0.2) is 30.1 Å². The van der Waals surface area contributed by atoms with E-state index in [4.69, 9.17) is 21.7 Å². The average molecular weight is 461 g/mol. The molecule has 33 heavy (non-hydrogen) atoms. The Hall–Kier alpha value is -3.71. The zero-order valence-corrected chi connectivity index (χ0v) is 19.5. The molecule has 1 aliphatic rings. The van der Waals surface area contributed by atoms with Crippen LogP contribution in [0.3, 0.4) is 0 Å². The third kappa shape index (κ3) is 4.45. The van der Waals surface area contributed by atoms with Gasteiger partial charge in [0.2, 0.25) is 0 Å². The van der Waals surface area contributed by atoms with E-state index in [9.17, 15) is 9.59 Å². The molecular weight excluding hydrogens is 436 g/mol. The van der Waals surface area contributed by atoms with Gasteiger partial charge in [0, 0.05) is 5.56 Å². The molecule has 7 heteroatoms. The highest BCUT2D eigenvalue weighted by molar-refractivity contribution is 7.80. The summed E-state index contributed by atoms with van der Waals surface area (Å²) in [4.78, 5) is 27.7. The monoisotopic (exact) mass is 460 g/mol. The van der Waals surface area contributed by atoms with Crippen molar-refractivity contribution in [1.82, 2.24) is 5.32 Å². The maximum atomic E-state index is 13.5. The van der Waals surface area contributed by atoms with E-state index in [0.29, 0.717) is 36.0 Å². The van der Waals surface area contributed by atoms with Crippen molar-refractivity contribution in [2.24, 2.45) is 0 Å². The molecule has 0 radical (unpaired) electrons. The van der Waals surface area contributed by atoms with Crippen LogP contribution in [0, 0.1) is 6.92 Å². The summed E-state index contributed by atoms with van der Waals surface area (Å²) in [6.45, 7) is 6.69. The summed E-state index contributed by atoms with van der Waals surface area (Å²) in [5, 5.41) is 4.44. The topological polar surface area (TPSA) is 67.9 Å². The Morgan fingerprint density at radius 1 is 1.00 bits per heavy atom. The van der Waals surface area contributed by atoms with Crippen LogP contribution in [0.5, 0.6) is 11.5 Å². The molecule has 2 amide bonds. The Balaban J connectivity index is 1.88. The van der Waals surface area contributed by atoms with Crippen LogP contribution >= 0.6 is 12.2 Å². The third-order valence-corrected chi connectivity index (χ3v) is 5.54. The highest BCUT2D eigenvalue weighted by atomic mass is 32.1. The number of nitrogens with zero attached hydrogens (tertiary/aromatic N) is 1. The number of aryl methyl sites for hydroxylation is 1. The van der Waals surface area contributed by atoms with E-state index in [1.54, 1.807) is 12.1 Å². The molecule has 0 spiro atoms. The second-order valence-electron chi connectivity index (χ2n) is 7.52. The SMILES string of the molecule is CCOc1ccc2ccc(OCC)c(/C=C3\C(=O)NC(=S)N(c4cccc(C)c4)C3=O)c2c1. The van der Waals surface area contributed by atoms with E-state index in [1.165, 1.54) is 4.90 Å². The summed E-state index contributed by atoms with van der Waals surface area (Å²) in [5.74, 6) is 0.228. The number of rotatable bonds is 6. The van der Waals surface area contributed by atoms with Gasteiger partial charge in [0.05, 0.1) is 18.9 Å². The average Bonchev–Trinajstić information content (AvgIpc) is 2.78. The van der Waals surface area contributed by atoms with Gasteiger partial charge >= 0.3 is 0 Å². The highest BCUT2D eigenvalue weighted by Gasteiger charge is 2.35. The molecule has 3 aromatic rings. The molecule has 6 nitrogen and oxygen atoms in total. The number of carbonyl (C=O) groups is 2. The smallest absolute Gasteiger partial charge is 0.270 e. The predicted molar refractivity (Wildman–Crippen MR) is 134 cm³/mol. The minimum atomic E-state index is -0.547. The fourth-order valence-electron chi connectivity index (χ4n) is 3.79. The minimum absolute atomic E-state index is 0.0274. The van der Waals surface area contributed by atoms with Crippen LogP contribution in [0.15, 0.2) is 60.2 Å². The molecule has 0 aliphatic carbocycles. The zero-order valence-electron chi connectivity index (χ0n) is 18.7. The van der Waals surface area contributed by atoms with Crippen molar-refractivity contribution in [2.75, 3.05) is 18.1 Å². The van der Waals surface area contributed by atoms with Gasteiger partial charge in [0.15, 0.2) is 5.11 Å². The summed E-state index contributed by atoms with van der Waals surface area (Å²) >= 11 is 5.32. The van der Waals surface area contributed by atoms with Crippen LogP contribution in [-0.2, 0) is 9.59 Å². The molecule has 1 N–H and O–H groups in total. The summed E-state index contributed by atoms with van der Waals surface area (Å²) in [5.41, 5.74) is 2.17. The van der Waals surface area contributed by atoms with Crippen molar-refractivity contribution in [3.63, 3.8) is 0 Å². The van der Waals surface area contributed by atoms with Gasteiger partial charge in [-0.15, -0.1) is 0 Å². The fraction of sp³-hybridized carbons (Fsp3) is 0.192. The summed E-state index contributed by atoms with van der Waals surface area (Å²) < 4.78 is 11.5. The van der Waals surface area contributed by atoms with E-state index in [-0.39, 0.29) is 10.7 Å². The Morgan fingerprint density at radius 2 is 1.76 bits per heavy atom. The molecule has 0 unspecified atom stereocenters. The van der Waals surface area contributed by atoms with E-state index >= 15 is 0 Å². The lowest BCUT2D eigenvalue weighted by molar-refractivity contribution is -0.122. The normalized spacial score (nSPS) is 15.2. The second-order valence-corrected chi connectivity index (χ2v) is 7.91. The van der Waals surface area contributed by atoms with Crippen molar-refractivity contribution >= 4 is 51.7 Å². The first kappa shape index (κ1) is 22.5. The number of benzene rings is 3. The molecule has 0 bridgehead atoms. The largest absolute Gasteiger partial charge is 0.494 e. The number of ether oxygens (including phenoxy) is 2. The number of anilines is 1. The molecule has 0 atom stereocenters. The number of hydrogen-bond donors (Lipinski definition) is 1. The van der Waals surface area contributed by atoms with Crippen LogP contribution < -0.4 is 19.7 Å². The first-order chi connectivity index (χ1) is 15.9. The molecule has 0 saturated carbocycles. The Labute approximate surface area is 197 Å². The van der Waals surface area contributed by atoms with E-state index < -0.39 is 11.8 Å². The first-order valence-corrected chi connectivity index (χ1v) is 11.1. The lowest BCUT2D eigenvalue weighted by Gasteiger charge is -2.29. The van der Waals surface area contributed by atoms with E-state index in [1.807, 2.05) is 69.3 Å². The van der Waals surface area contributed by atoms with Crippen molar-refractivity contribution in [3.8, 4) is 11.5 Å². The van der Waals surface area contributed by atoms with Crippen LogP contribution in [0.25, 0.3) is 16.8 Å². The molecule has 1 heterocycles. The lowest BCUT2D eigenvalue weighted by Crippen LogP contribution is -2.54. The highest BCUT2D eigenvalue weighted by Crippen LogP contribution is 2.34. The van der Waals surface area contributed by atoms with Crippen LogP contribution in [0.4, 0.5) is 5.69 Å². The molecule has 3 aromatic carbocycles. The maximum absolute atomic E-state index is 13.5. The van der Waals surface area contributed by atoms with E-state index in [2.05, 4.69) is 5.32 Å². The zero-order chi connectivity index (χ0) is 23.5. The van der Waals surface area contributed by atoms with Gasteiger partial charge in [-0.1, -0.05) is 24.3 Å². The number of thiocarbonyl (C=S) groups is 1. The third-order valence-electron chi connectivity index (χ3n) is 5.26. The number of hydrogen-bond acceptors (Lipinski definition) is 5. The lowest BCUT2D eigenvalue weighted by atomic mass is 9.99. The van der Waals surface area contributed by atoms with E-state index in [0.717, 1.165) is 16.3 Å². The Kier molecular flexibility index (Phi) is 6.42. The molecule has 1 fully saturated rings.